The highest BCUT2D eigenvalue weighted by Crippen LogP contribution is 2.26. The zero-order valence-corrected chi connectivity index (χ0v) is 8.27. The first kappa shape index (κ1) is 9.34. The van der Waals surface area contributed by atoms with Crippen LogP contribution >= 0.6 is 11.6 Å². The van der Waals surface area contributed by atoms with Crippen molar-refractivity contribution in [3.8, 4) is 0 Å². The van der Waals surface area contributed by atoms with Crippen LogP contribution < -0.4 is 0 Å². The Hall–Kier alpha value is 0.250. The fourth-order valence-corrected chi connectivity index (χ4v) is 2.12. The van der Waals surface area contributed by atoms with Crippen LogP contribution in [0.25, 0.3) is 0 Å². The molecule has 1 nitrogen and oxygen atoms in total. The zero-order chi connectivity index (χ0) is 8.27. The molecular formula is C9H18ClN. The molecule has 1 rings (SSSR count). The Labute approximate surface area is 74.7 Å². The van der Waals surface area contributed by atoms with Gasteiger partial charge in [-0.3, -0.25) is 0 Å². The molecule has 0 unspecified atom stereocenters. The first-order chi connectivity index (χ1) is 5.24. The summed E-state index contributed by atoms with van der Waals surface area (Å²) < 4.78 is 0. The van der Waals surface area contributed by atoms with E-state index in [1.165, 1.54) is 25.7 Å². The van der Waals surface area contributed by atoms with E-state index in [1.54, 1.807) is 0 Å². The lowest BCUT2D eigenvalue weighted by Crippen LogP contribution is -2.32. The molecule has 0 spiro atoms. The van der Waals surface area contributed by atoms with Crippen molar-refractivity contribution < 1.29 is 0 Å². The van der Waals surface area contributed by atoms with Crippen molar-refractivity contribution in [3.05, 3.63) is 0 Å². The van der Waals surface area contributed by atoms with Gasteiger partial charge in [0.2, 0.25) is 0 Å². The van der Waals surface area contributed by atoms with E-state index in [2.05, 4.69) is 19.0 Å². The number of hydrogen-bond donors (Lipinski definition) is 0. The Morgan fingerprint density at radius 2 is 1.73 bits per heavy atom. The molecule has 0 aromatic heterocycles. The lowest BCUT2D eigenvalue weighted by Gasteiger charge is -2.31. The molecule has 0 aliphatic heterocycles. The van der Waals surface area contributed by atoms with Gasteiger partial charge in [0.15, 0.2) is 0 Å². The van der Waals surface area contributed by atoms with E-state index in [0.717, 1.165) is 17.8 Å². The molecule has 0 radical (unpaired) electrons. The Bertz CT molecular complexity index is 106. The van der Waals surface area contributed by atoms with Gasteiger partial charge in [0.05, 0.1) is 0 Å². The molecular weight excluding hydrogens is 158 g/mol. The number of rotatable bonds is 2. The summed E-state index contributed by atoms with van der Waals surface area (Å²) in [4.78, 5) is 2.34. The molecule has 1 aliphatic carbocycles. The number of halogens is 1. The Kier molecular flexibility index (Phi) is 3.67. The number of nitrogens with zero attached hydrogens (tertiary/aromatic N) is 1. The minimum atomic E-state index is 0.799. The quantitative estimate of drug-likeness (QED) is 0.583. The van der Waals surface area contributed by atoms with Crippen LogP contribution in [-0.2, 0) is 0 Å². The largest absolute Gasteiger partial charge is 0.306 e. The van der Waals surface area contributed by atoms with Gasteiger partial charge in [0.25, 0.3) is 0 Å². The van der Waals surface area contributed by atoms with Crippen molar-refractivity contribution in [1.82, 2.24) is 4.90 Å². The maximum Gasteiger partial charge on any atom is 0.0251 e. The average molecular weight is 176 g/mol. The van der Waals surface area contributed by atoms with E-state index in [4.69, 9.17) is 11.6 Å². The van der Waals surface area contributed by atoms with Crippen molar-refractivity contribution in [2.45, 2.75) is 31.7 Å². The van der Waals surface area contributed by atoms with Gasteiger partial charge < -0.3 is 4.90 Å². The summed E-state index contributed by atoms with van der Waals surface area (Å²) in [6.45, 7) is 0. The van der Waals surface area contributed by atoms with E-state index in [-0.39, 0.29) is 0 Å². The molecule has 0 saturated heterocycles. The molecule has 0 bridgehead atoms. The fraction of sp³-hybridized carbons (Fsp3) is 1.00. The molecule has 1 saturated carbocycles. The zero-order valence-electron chi connectivity index (χ0n) is 7.52. The molecule has 0 N–H and O–H groups in total. The summed E-state index contributed by atoms with van der Waals surface area (Å²) in [7, 11) is 4.34. The molecule has 1 aliphatic rings. The van der Waals surface area contributed by atoms with Gasteiger partial charge in [-0.15, -0.1) is 11.6 Å². The third-order valence-electron chi connectivity index (χ3n) is 2.76. The lowest BCUT2D eigenvalue weighted by molar-refractivity contribution is 0.201. The molecule has 0 amide bonds. The molecule has 1 fully saturated rings. The smallest absolute Gasteiger partial charge is 0.0251 e. The van der Waals surface area contributed by atoms with Crippen LogP contribution in [0, 0.1) is 5.92 Å². The predicted molar refractivity (Wildman–Crippen MR) is 50.2 cm³/mol. The fourth-order valence-electron chi connectivity index (χ4n) is 1.82. The molecule has 0 aromatic carbocycles. The van der Waals surface area contributed by atoms with Crippen molar-refractivity contribution >= 4 is 11.6 Å². The van der Waals surface area contributed by atoms with Gasteiger partial charge >= 0.3 is 0 Å². The SMILES string of the molecule is CN(C)C1CCC(CCl)CC1. The van der Waals surface area contributed by atoms with Gasteiger partial charge in [-0.05, 0) is 45.7 Å². The van der Waals surface area contributed by atoms with Crippen LogP contribution in [0.2, 0.25) is 0 Å². The van der Waals surface area contributed by atoms with Gasteiger partial charge in [-0.2, -0.15) is 0 Å². The summed E-state index contributed by atoms with van der Waals surface area (Å²) in [5.41, 5.74) is 0. The topological polar surface area (TPSA) is 3.24 Å². The van der Waals surface area contributed by atoms with Crippen LogP contribution in [0.3, 0.4) is 0 Å². The van der Waals surface area contributed by atoms with Gasteiger partial charge in [-0.1, -0.05) is 0 Å². The second kappa shape index (κ2) is 4.32. The Balaban J connectivity index is 2.24. The highest BCUT2D eigenvalue weighted by atomic mass is 35.5. The van der Waals surface area contributed by atoms with Crippen LogP contribution in [-0.4, -0.2) is 30.9 Å². The maximum atomic E-state index is 5.79. The van der Waals surface area contributed by atoms with E-state index < -0.39 is 0 Å². The van der Waals surface area contributed by atoms with Crippen molar-refractivity contribution in [2.24, 2.45) is 5.92 Å². The normalized spacial score (nSPS) is 32.7. The molecule has 0 heterocycles. The van der Waals surface area contributed by atoms with E-state index in [1.807, 2.05) is 0 Å². The minimum Gasteiger partial charge on any atom is -0.306 e. The average Bonchev–Trinajstić information content (AvgIpc) is 2.05. The van der Waals surface area contributed by atoms with Crippen LogP contribution in [0.15, 0.2) is 0 Å². The molecule has 0 atom stereocenters. The second-order valence-electron chi connectivity index (χ2n) is 3.79. The van der Waals surface area contributed by atoms with E-state index in [0.29, 0.717) is 0 Å². The molecule has 66 valence electrons. The minimum absolute atomic E-state index is 0.799. The predicted octanol–water partition coefficient (Wildman–Crippen LogP) is 2.35. The summed E-state index contributed by atoms with van der Waals surface area (Å²) in [5.74, 6) is 1.66. The van der Waals surface area contributed by atoms with Crippen molar-refractivity contribution in [3.63, 3.8) is 0 Å². The monoisotopic (exact) mass is 175 g/mol. The van der Waals surface area contributed by atoms with Crippen LogP contribution in [0.1, 0.15) is 25.7 Å². The van der Waals surface area contributed by atoms with Crippen molar-refractivity contribution in [2.75, 3.05) is 20.0 Å². The van der Waals surface area contributed by atoms with Gasteiger partial charge in [0.1, 0.15) is 0 Å². The summed E-state index contributed by atoms with van der Waals surface area (Å²) in [6.07, 6.45) is 5.33. The third kappa shape index (κ3) is 2.64. The summed E-state index contributed by atoms with van der Waals surface area (Å²) in [5, 5.41) is 0. The van der Waals surface area contributed by atoms with Crippen molar-refractivity contribution in [1.29, 1.82) is 0 Å². The Morgan fingerprint density at radius 1 is 1.18 bits per heavy atom. The summed E-state index contributed by atoms with van der Waals surface area (Å²) in [6, 6.07) is 0.814. The van der Waals surface area contributed by atoms with Gasteiger partial charge in [0, 0.05) is 11.9 Å². The standard InChI is InChI=1S/C9H18ClN/c1-11(2)9-5-3-8(7-10)4-6-9/h8-9H,3-7H2,1-2H3. The molecule has 2 heteroatoms. The van der Waals surface area contributed by atoms with Gasteiger partial charge in [-0.25, -0.2) is 0 Å². The second-order valence-corrected chi connectivity index (χ2v) is 4.10. The molecule has 11 heavy (non-hydrogen) atoms. The highest BCUT2D eigenvalue weighted by Gasteiger charge is 2.21. The van der Waals surface area contributed by atoms with Crippen LogP contribution in [0.4, 0.5) is 0 Å². The Morgan fingerprint density at radius 3 is 2.09 bits per heavy atom. The lowest BCUT2D eigenvalue weighted by atomic mass is 9.87. The van der Waals surface area contributed by atoms with E-state index >= 15 is 0 Å². The van der Waals surface area contributed by atoms with E-state index in [9.17, 15) is 0 Å². The first-order valence-corrected chi connectivity index (χ1v) is 5.00. The third-order valence-corrected chi connectivity index (χ3v) is 3.20. The molecule has 0 aromatic rings. The number of hydrogen-bond acceptors (Lipinski definition) is 1. The first-order valence-electron chi connectivity index (χ1n) is 4.46. The summed E-state index contributed by atoms with van der Waals surface area (Å²) >= 11 is 5.79. The number of alkyl halides is 1. The maximum absolute atomic E-state index is 5.79. The van der Waals surface area contributed by atoms with Crippen LogP contribution in [0.5, 0.6) is 0 Å². The highest BCUT2D eigenvalue weighted by molar-refractivity contribution is 6.18.